The number of rotatable bonds is 11. The van der Waals surface area contributed by atoms with Gasteiger partial charge in [-0.3, -0.25) is 0 Å². The molecule has 0 aliphatic heterocycles. The Morgan fingerprint density at radius 1 is 1.21 bits per heavy atom. The van der Waals surface area contributed by atoms with E-state index in [9.17, 15) is 13.3 Å². The number of benzene rings is 1. The molecule has 1 aromatic heterocycles. The Hall–Kier alpha value is -1.04. The molecule has 10 heteroatoms. The third-order valence-electron chi connectivity index (χ3n) is 8.55. The number of nitrogens with zero attached hydrogens (tertiary/aromatic N) is 2. The standard InChI is InChI=1S/C28H44F2N4O2SSi/c1-27(2,3)37(35)33-25(19-13-20-21(14-19)28(20,29)30)26-32-22-10-9-18(24(31)17-7-8-17)15-23(22)34(26)16-36-11-12-38(4,5)6/h9-10,15,17,19-21,24-25,33H,7-8,11-14,16,31H2,1-6H3/t19?,20-,21+,24-,25+,37?/m1/s1. The summed E-state index contributed by atoms with van der Waals surface area (Å²) >= 11 is -1.38. The molecular weight excluding hydrogens is 522 g/mol. The first kappa shape index (κ1) is 28.5. The molecule has 2 unspecified atom stereocenters. The van der Waals surface area contributed by atoms with E-state index < -0.39 is 48.0 Å². The molecule has 3 N–H and O–H groups in total. The highest BCUT2D eigenvalue weighted by Gasteiger charge is 2.72. The lowest BCUT2D eigenvalue weighted by molar-refractivity contribution is 0.0584. The zero-order chi connectivity index (χ0) is 27.6. The van der Waals surface area contributed by atoms with Crippen molar-refractivity contribution in [2.24, 2.45) is 29.4 Å². The van der Waals surface area contributed by atoms with Gasteiger partial charge in [-0.05, 0) is 82.0 Å². The summed E-state index contributed by atoms with van der Waals surface area (Å²) in [5, 5.41) is 0. The number of nitrogens with one attached hydrogen (secondary N) is 1. The fourth-order valence-electron chi connectivity index (χ4n) is 5.78. The van der Waals surface area contributed by atoms with Gasteiger partial charge in [-0.2, -0.15) is 0 Å². The van der Waals surface area contributed by atoms with Gasteiger partial charge >= 0.3 is 0 Å². The Morgan fingerprint density at radius 2 is 1.87 bits per heavy atom. The van der Waals surface area contributed by atoms with Crippen LogP contribution in [0.5, 0.6) is 0 Å². The van der Waals surface area contributed by atoms with Crippen LogP contribution in [0.3, 0.4) is 0 Å². The van der Waals surface area contributed by atoms with Gasteiger partial charge in [0.15, 0.2) is 0 Å². The van der Waals surface area contributed by atoms with Gasteiger partial charge in [0.2, 0.25) is 0 Å². The number of nitrogens with two attached hydrogens (primary N) is 1. The van der Waals surface area contributed by atoms with Crippen molar-refractivity contribution in [3.05, 3.63) is 29.6 Å². The third kappa shape index (κ3) is 5.86. The SMILES string of the molecule is CC(C)(C)[S+]([O-])N[C@H](c1nc2ccc([C@H](N)C3CC3)cc2n1COCC[Si](C)(C)C)C1C[C@@H]2[C@H](C1)C2(F)F. The maximum absolute atomic E-state index is 14.1. The number of imidazole rings is 1. The van der Waals surface area contributed by atoms with Crippen molar-refractivity contribution in [2.75, 3.05) is 6.61 Å². The van der Waals surface area contributed by atoms with E-state index in [-0.39, 0.29) is 12.0 Å². The number of halogens is 2. The van der Waals surface area contributed by atoms with Crippen LogP contribution in [0.4, 0.5) is 8.78 Å². The average molecular weight is 567 g/mol. The lowest BCUT2D eigenvalue weighted by atomic mass is 9.94. The molecule has 5 rings (SSSR count). The maximum Gasteiger partial charge on any atom is 0.254 e. The highest BCUT2D eigenvalue weighted by Crippen LogP contribution is 2.67. The number of hydrogen-bond donors (Lipinski definition) is 2. The van der Waals surface area contributed by atoms with E-state index >= 15 is 0 Å². The zero-order valence-corrected chi connectivity index (χ0v) is 25.4. The van der Waals surface area contributed by atoms with Crippen molar-refractivity contribution in [1.29, 1.82) is 0 Å². The Morgan fingerprint density at radius 3 is 2.45 bits per heavy atom. The second-order valence-electron chi connectivity index (χ2n) is 14.0. The van der Waals surface area contributed by atoms with E-state index in [1.54, 1.807) is 0 Å². The molecule has 6 atom stereocenters. The minimum atomic E-state index is -2.56. The zero-order valence-electron chi connectivity index (χ0n) is 23.6. The van der Waals surface area contributed by atoms with Gasteiger partial charge < -0.3 is 19.6 Å². The Labute approximate surface area is 229 Å². The largest absolute Gasteiger partial charge is 0.598 e. The second-order valence-corrected chi connectivity index (χ2v) is 21.6. The van der Waals surface area contributed by atoms with Crippen molar-refractivity contribution in [3.8, 4) is 0 Å². The van der Waals surface area contributed by atoms with Crippen molar-refractivity contribution >= 4 is 30.5 Å². The number of fused-ring (bicyclic) bond motifs is 2. The highest BCUT2D eigenvalue weighted by molar-refractivity contribution is 7.90. The molecule has 0 saturated heterocycles. The average Bonchev–Trinajstić information content (AvgIpc) is 3.62. The predicted molar refractivity (Wildman–Crippen MR) is 152 cm³/mol. The van der Waals surface area contributed by atoms with Crippen LogP contribution in [0.15, 0.2) is 18.2 Å². The van der Waals surface area contributed by atoms with Crippen LogP contribution >= 0.6 is 0 Å². The minimum absolute atomic E-state index is 0.00880. The van der Waals surface area contributed by atoms with Gasteiger partial charge in [-0.25, -0.2) is 13.8 Å². The number of ether oxygens (including phenoxy) is 1. The maximum atomic E-state index is 14.1. The van der Waals surface area contributed by atoms with Crippen molar-refractivity contribution in [1.82, 2.24) is 14.3 Å². The monoisotopic (exact) mass is 566 g/mol. The third-order valence-corrected chi connectivity index (χ3v) is 11.8. The first-order valence-electron chi connectivity index (χ1n) is 14.1. The Balaban J connectivity index is 1.50. The molecular formula is C28H44F2N4O2SSi. The van der Waals surface area contributed by atoms with E-state index in [1.165, 1.54) is 0 Å². The van der Waals surface area contributed by atoms with E-state index in [2.05, 4.69) is 41.1 Å². The van der Waals surface area contributed by atoms with Crippen LogP contribution in [-0.2, 0) is 22.8 Å². The fraction of sp³-hybridized carbons (Fsp3) is 0.750. The molecule has 3 saturated carbocycles. The fourth-order valence-corrected chi connectivity index (χ4v) is 7.42. The van der Waals surface area contributed by atoms with Gasteiger partial charge in [0.1, 0.15) is 23.3 Å². The summed E-state index contributed by atoms with van der Waals surface area (Å²) in [6.07, 6.45) is 3.13. The predicted octanol–water partition coefficient (Wildman–Crippen LogP) is 6.14. The lowest BCUT2D eigenvalue weighted by Gasteiger charge is -2.31. The first-order chi connectivity index (χ1) is 17.7. The molecule has 1 heterocycles. The van der Waals surface area contributed by atoms with Gasteiger partial charge in [-0.15, -0.1) is 4.72 Å². The molecule has 0 bridgehead atoms. The summed E-state index contributed by atoms with van der Waals surface area (Å²) in [6, 6.07) is 6.81. The number of aromatic nitrogens is 2. The van der Waals surface area contributed by atoms with Gasteiger partial charge in [0, 0.05) is 43.9 Å². The molecule has 1 aromatic carbocycles. The van der Waals surface area contributed by atoms with E-state index in [0.717, 1.165) is 41.3 Å². The molecule has 3 fully saturated rings. The summed E-state index contributed by atoms with van der Waals surface area (Å²) in [5.74, 6) is -2.54. The molecule has 0 amide bonds. The topological polar surface area (TPSA) is 88.2 Å². The van der Waals surface area contributed by atoms with Crippen LogP contribution in [-0.4, -0.2) is 39.5 Å². The van der Waals surface area contributed by atoms with Crippen LogP contribution in [0, 0.1) is 23.7 Å². The molecule has 2 aromatic rings. The van der Waals surface area contributed by atoms with E-state index in [1.807, 2.05) is 26.8 Å². The van der Waals surface area contributed by atoms with Crippen LogP contribution in [0.1, 0.15) is 69.9 Å². The lowest BCUT2D eigenvalue weighted by Crippen LogP contribution is -2.44. The van der Waals surface area contributed by atoms with Crippen LogP contribution in [0.25, 0.3) is 11.0 Å². The first-order valence-corrected chi connectivity index (χ1v) is 18.9. The number of hydrogen-bond acceptors (Lipinski definition) is 5. The van der Waals surface area contributed by atoms with Crippen LogP contribution in [0.2, 0.25) is 25.7 Å². The summed E-state index contributed by atoms with van der Waals surface area (Å²) < 4.78 is 52.7. The summed E-state index contributed by atoms with van der Waals surface area (Å²) in [4.78, 5) is 5.02. The van der Waals surface area contributed by atoms with Gasteiger partial charge in [0.25, 0.3) is 5.92 Å². The minimum Gasteiger partial charge on any atom is -0.598 e. The normalized spacial score (nSPS) is 27.4. The van der Waals surface area contributed by atoms with Crippen molar-refractivity contribution < 1.29 is 18.1 Å². The Bertz CT molecular complexity index is 1150. The van der Waals surface area contributed by atoms with Gasteiger partial charge in [0.05, 0.1) is 11.0 Å². The van der Waals surface area contributed by atoms with Gasteiger partial charge in [-0.1, -0.05) is 25.7 Å². The highest BCUT2D eigenvalue weighted by atomic mass is 32.2. The molecule has 6 nitrogen and oxygen atoms in total. The summed E-state index contributed by atoms with van der Waals surface area (Å²) in [5.41, 5.74) is 9.39. The summed E-state index contributed by atoms with van der Waals surface area (Å²) in [7, 11) is -1.27. The van der Waals surface area contributed by atoms with Crippen LogP contribution < -0.4 is 10.5 Å². The second kappa shape index (κ2) is 10.1. The molecule has 38 heavy (non-hydrogen) atoms. The molecule has 0 spiro atoms. The Kier molecular flexibility index (Phi) is 7.57. The van der Waals surface area contributed by atoms with E-state index in [0.29, 0.717) is 32.1 Å². The quantitative estimate of drug-likeness (QED) is 0.194. The molecule has 3 aliphatic rings. The smallest absolute Gasteiger partial charge is 0.254 e. The molecule has 0 radical (unpaired) electrons. The molecule has 3 aliphatic carbocycles. The molecule has 212 valence electrons. The number of alkyl halides is 2. The van der Waals surface area contributed by atoms with Crippen molar-refractivity contribution in [2.45, 2.75) is 102 Å². The summed E-state index contributed by atoms with van der Waals surface area (Å²) in [6.45, 7) is 13.7. The van der Waals surface area contributed by atoms with E-state index in [4.69, 9.17) is 15.5 Å². The van der Waals surface area contributed by atoms with Crippen molar-refractivity contribution in [3.63, 3.8) is 0 Å².